The van der Waals surface area contributed by atoms with Crippen LogP contribution in [-0.4, -0.2) is 23.0 Å². The number of aryl methyl sites for hydroxylation is 1. The molecule has 0 bridgehead atoms. The summed E-state index contributed by atoms with van der Waals surface area (Å²) < 4.78 is 8.41. The van der Waals surface area contributed by atoms with Crippen LogP contribution in [0.4, 0.5) is 0 Å². The first-order valence-electron chi connectivity index (χ1n) is 7.62. The Bertz CT molecular complexity index is 1030. The minimum absolute atomic E-state index is 0.201. The van der Waals surface area contributed by atoms with Gasteiger partial charge >= 0.3 is 0 Å². The predicted octanol–water partition coefficient (Wildman–Crippen LogP) is 4.37. The van der Waals surface area contributed by atoms with Gasteiger partial charge in [0.05, 0.1) is 24.2 Å². The number of halogens is 2. The van der Waals surface area contributed by atoms with E-state index in [0.717, 1.165) is 14.5 Å². The van der Waals surface area contributed by atoms with Crippen LogP contribution in [0.1, 0.15) is 18.3 Å². The maximum atomic E-state index is 12.9. The number of hydrogen-bond acceptors (Lipinski definition) is 4. The zero-order valence-corrected chi connectivity index (χ0v) is 16.8. The largest absolute Gasteiger partial charge is 0.496 e. The Balaban J connectivity index is 2.17. The lowest BCUT2D eigenvalue weighted by Gasteiger charge is -2.08. The first-order chi connectivity index (χ1) is 12.0. The molecule has 7 heteroatoms. The van der Waals surface area contributed by atoms with E-state index in [1.807, 2.05) is 37.3 Å². The van der Waals surface area contributed by atoms with Crippen LogP contribution in [0.15, 0.2) is 55.2 Å². The molecule has 0 aliphatic carbocycles. The van der Waals surface area contributed by atoms with E-state index >= 15 is 0 Å². The average Bonchev–Trinajstić information content (AvgIpc) is 2.61. The van der Waals surface area contributed by atoms with Crippen LogP contribution in [0.25, 0.3) is 10.9 Å². The van der Waals surface area contributed by atoms with Crippen LogP contribution in [0.2, 0.25) is 0 Å². The second kappa shape index (κ2) is 7.49. The van der Waals surface area contributed by atoms with E-state index in [0.29, 0.717) is 28.9 Å². The van der Waals surface area contributed by atoms with Gasteiger partial charge in [0.25, 0.3) is 5.56 Å². The van der Waals surface area contributed by atoms with Crippen LogP contribution < -0.4 is 10.3 Å². The highest BCUT2D eigenvalue weighted by molar-refractivity contribution is 9.10. The molecule has 0 aliphatic heterocycles. The maximum Gasteiger partial charge on any atom is 0.282 e. The Morgan fingerprint density at radius 2 is 1.92 bits per heavy atom. The van der Waals surface area contributed by atoms with Crippen molar-refractivity contribution in [1.29, 1.82) is 0 Å². The number of fused-ring (bicyclic) bond motifs is 1. The third-order valence-corrected chi connectivity index (χ3v) is 4.68. The van der Waals surface area contributed by atoms with Crippen LogP contribution in [0.5, 0.6) is 5.75 Å². The van der Waals surface area contributed by atoms with Crippen LogP contribution in [0.3, 0.4) is 0 Å². The van der Waals surface area contributed by atoms with Gasteiger partial charge in [-0.15, -0.1) is 0 Å². The van der Waals surface area contributed by atoms with Crippen LogP contribution in [0, 0.1) is 0 Å². The van der Waals surface area contributed by atoms with Gasteiger partial charge in [-0.05, 0) is 36.4 Å². The van der Waals surface area contributed by atoms with Crippen molar-refractivity contribution in [2.75, 3.05) is 7.11 Å². The monoisotopic (exact) mass is 463 g/mol. The van der Waals surface area contributed by atoms with Crippen LogP contribution >= 0.6 is 31.9 Å². The average molecular weight is 465 g/mol. The maximum absolute atomic E-state index is 12.9. The topological polar surface area (TPSA) is 56.5 Å². The molecule has 0 N–H and O–H groups in total. The summed E-state index contributed by atoms with van der Waals surface area (Å²) in [7, 11) is 1.60. The first-order valence-corrected chi connectivity index (χ1v) is 9.21. The molecule has 3 rings (SSSR count). The summed E-state index contributed by atoms with van der Waals surface area (Å²) >= 11 is 6.82. The highest BCUT2D eigenvalue weighted by Crippen LogP contribution is 2.21. The molecule has 0 fully saturated rings. The smallest absolute Gasteiger partial charge is 0.282 e. The number of hydrogen-bond donors (Lipinski definition) is 0. The Morgan fingerprint density at radius 1 is 1.20 bits per heavy atom. The fraction of sp³-hybridized carbons (Fsp3) is 0.167. The van der Waals surface area contributed by atoms with Gasteiger partial charge in [0.15, 0.2) is 0 Å². The molecule has 0 unspecified atom stereocenters. The summed E-state index contributed by atoms with van der Waals surface area (Å²) in [6, 6.07) is 11.1. The highest BCUT2D eigenvalue weighted by Gasteiger charge is 2.10. The molecule has 1 aromatic heterocycles. The molecule has 0 aliphatic rings. The first kappa shape index (κ1) is 17.8. The molecule has 3 aromatic rings. The Hall–Kier alpha value is -1.99. The third-order valence-electron chi connectivity index (χ3n) is 3.70. The van der Waals surface area contributed by atoms with E-state index in [1.54, 1.807) is 19.4 Å². The number of rotatable bonds is 4. The molecule has 128 valence electrons. The summed E-state index contributed by atoms with van der Waals surface area (Å²) in [5.74, 6) is 1.28. The Kier molecular flexibility index (Phi) is 5.34. The fourth-order valence-electron chi connectivity index (χ4n) is 2.47. The molecule has 25 heavy (non-hydrogen) atoms. The standard InChI is InChI=1S/C18H15Br2N3O2/c1-3-17-22-15-6-4-13(20)9-14(15)18(24)23(17)21-10-11-8-12(19)5-7-16(11)25-2/h4-10H,3H2,1-2H3. The molecule has 0 spiro atoms. The van der Waals surface area contributed by atoms with Gasteiger partial charge in [-0.3, -0.25) is 4.79 Å². The quantitative estimate of drug-likeness (QED) is 0.538. The van der Waals surface area contributed by atoms with Gasteiger partial charge in [-0.1, -0.05) is 38.8 Å². The highest BCUT2D eigenvalue weighted by atomic mass is 79.9. The summed E-state index contributed by atoms with van der Waals surface area (Å²) in [4.78, 5) is 17.4. The van der Waals surface area contributed by atoms with Crippen molar-refractivity contribution < 1.29 is 4.74 Å². The zero-order valence-electron chi connectivity index (χ0n) is 13.7. The van der Waals surface area contributed by atoms with Gasteiger partial charge in [-0.25, -0.2) is 4.98 Å². The lowest BCUT2D eigenvalue weighted by atomic mass is 10.2. The Morgan fingerprint density at radius 3 is 2.64 bits per heavy atom. The molecule has 2 aromatic carbocycles. The van der Waals surface area contributed by atoms with Crippen molar-refractivity contribution in [3.05, 3.63) is 67.1 Å². The molecule has 1 heterocycles. The van der Waals surface area contributed by atoms with Gasteiger partial charge in [0.1, 0.15) is 11.6 Å². The molecule has 0 saturated heterocycles. The van der Waals surface area contributed by atoms with Crippen molar-refractivity contribution in [2.24, 2.45) is 5.10 Å². The van der Waals surface area contributed by atoms with Gasteiger partial charge in [-0.2, -0.15) is 9.78 Å². The van der Waals surface area contributed by atoms with Gasteiger partial charge in [0, 0.05) is 20.9 Å². The van der Waals surface area contributed by atoms with Gasteiger partial charge < -0.3 is 4.74 Å². The van der Waals surface area contributed by atoms with Gasteiger partial charge in [0.2, 0.25) is 0 Å². The second-order valence-corrected chi connectivity index (χ2v) is 7.12. The molecule has 5 nitrogen and oxygen atoms in total. The van der Waals surface area contributed by atoms with E-state index in [1.165, 1.54) is 4.68 Å². The van der Waals surface area contributed by atoms with Crippen molar-refractivity contribution in [3.8, 4) is 5.75 Å². The molecular weight excluding hydrogens is 450 g/mol. The minimum Gasteiger partial charge on any atom is -0.496 e. The van der Waals surface area contributed by atoms with Crippen molar-refractivity contribution in [2.45, 2.75) is 13.3 Å². The number of methoxy groups -OCH3 is 1. The number of aromatic nitrogens is 2. The van der Waals surface area contributed by atoms with E-state index in [2.05, 4.69) is 41.9 Å². The number of ether oxygens (including phenoxy) is 1. The van der Waals surface area contributed by atoms with E-state index < -0.39 is 0 Å². The normalized spacial score (nSPS) is 11.4. The Labute approximate surface area is 161 Å². The van der Waals surface area contributed by atoms with Crippen molar-refractivity contribution >= 4 is 49.0 Å². The summed E-state index contributed by atoms with van der Waals surface area (Å²) in [6.07, 6.45) is 2.20. The van der Waals surface area contributed by atoms with Crippen molar-refractivity contribution in [1.82, 2.24) is 9.66 Å². The molecule has 0 atom stereocenters. The van der Waals surface area contributed by atoms with E-state index in [4.69, 9.17) is 4.74 Å². The number of nitrogens with zero attached hydrogens (tertiary/aromatic N) is 3. The predicted molar refractivity (Wildman–Crippen MR) is 107 cm³/mol. The third kappa shape index (κ3) is 3.67. The van der Waals surface area contributed by atoms with E-state index in [-0.39, 0.29) is 5.56 Å². The summed E-state index contributed by atoms with van der Waals surface area (Å²) in [6.45, 7) is 1.94. The molecule has 0 amide bonds. The molecular formula is C18H15Br2N3O2. The van der Waals surface area contributed by atoms with E-state index in [9.17, 15) is 4.79 Å². The molecule has 0 radical (unpaired) electrons. The lowest BCUT2D eigenvalue weighted by molar-refractivity contribution is 0.414. The summed E-state index contributed by atoms with van der Waals surface area (Å²) in [5.41, 5.74) is 1.23. The minimum atomic E-state index is -0.201. The fourth-order valence-corrected chi connectivity index (χ4v) is 3.21. The van der Waals surface area contributed by atoms with Crippen LogP contribution in [-0.2, 0) is 6.42 Å². The number of benzene rings is 2. The summed E-state index contributed by atoms with van der Waals surface area (Å²) in [5, 5.41) is 4.90. The second-order valence-electron chi connectivity index (χ2n) is 5.29. The molecule has 0 saturated carbocycles. The zero-order chi connectivity index (χ0) is 18.0. The SMILES string of the molecule is CCc1nc2ccc(Br)cc2c(=O)n1N=Cc1cc(Br)ccc1OC. The lowest BCUT2D eigenvalue weighted by Crippen LogP contribution is -2.22. The van der Waals surface area contributed by atoms with Crippen molar-refractivity contribution in [3.63, 3.8) is 0 Å².